The molecule has 1 saturated heterocycles. The van der Waals surface area contributed by atoms with E-state index in [0.29, 0.717) is 6.54 Å². The van der Waals surface area contributed by atoms with Crippen LogP contribution in [0.4, 0.5) is 11.5 Å². The number of nitrogens with one attached hydrogen (secondary N) is 1. The number of carbonyl (C=O) groups is 1. The molecule has 31 heavy (non-hydrogen) atoms. The van der Waals surface area contributed by atoms with Gasteiger partial charge in [0.15, 0.2) is 5.82 Å². The molecule has 2 heterocycles. The molecular weight excluding hydrogens is 404 g/mol. The van der Waals surface area contributed by atoms with Crippen LogP contribution < -0.4 is 10.2 Å². The molecule has 1 aliphatic heterocycles. The summed E-state index contributed by atoms with van der Waals surface area (Å²) >= 11 is 1.62. The van der Waals surface area contributed by atoms with Crippen molar-refractivity contribution in [3.63, 3.8) is 0 Å². The highest BCUT2D eigenvalue weighted by Gasteiger charge is 2.28. The van der Waals surface area contributed by atoms with Gasteiger partial charge in [-0.25, -0.2) is 9.97 Å². The predicted molar refractivity (Wildman–Crippen MR) is 127 cm³/mol. The SMILES string of the molecule is CCc1ccc(NC(=O)[C@H]2CCCN(c3nccnc3Sc3ccc(C)cc3)C2)cc1. The summed E-state index contributed by atoms with van der Waals surface area (Å²) in [5.41, 5.74) is 3.36. The Morgan fingerprint density at radius 2 is 1.84 bits per heavy atom. The lowest BCUT2D eigenvalue weighted by Gasteiger charge is -2.33. The van der Waals surface area contributed by atoms with Crippen molar-refractivity contribution in [2.45, 2.75) is 43.0 Å². The van der Waals surface area contributed by atoms with Gasteiger partial charge in [-0.05, 0) is 56.0 Å². The highest BCUT2D eigenvalue weighted by molar-refractivity contribution is 7.99. The molecule has 1 amide bonds. The van der Waals surface area contributed by atoms with Gasteiger partial charge in [0.05, 0.1) is 5.92 Å². The van der Waals surface area contributed by atoms with E-state index in [4.69, 9.17) is 0 Å². The molecule has 1 fully saturated rings. The molecule has 160 valence electrons. The van der Waals surface area contributed by atoms with Gasteiger partial charge in [0, 0.05) is 36.1 Å². The fraction of sp³-hybridized carbons (Fsp3) is 0.320. The van der Waals surface area contributed by atoms with E-state index in [-0.39, 0.29) is 11.8 Å². The second-order valence-corrected chi connectivity index (χ2v) is 8.99. The lowest BCUT2D eigenvalue weighted by atomic mass is 9.97. The zero-order valence-corrected chi connectivity index (χ0v) is 18.9. The largest absolute Gasteiger partial charge is 0.354 e. The number of carbonyl (C=O) groups excluding carboxylic acids is 1. The smallest absolute Gasteiger partial charge is 0.229 e. The van der Waals surface area contributed by atoms with Crippen LogP contribution in [-0.2, 0) is 11.2 Å². The summed E-state index contributed by atoms with van der Waals surface area (Å²) in [6.45, 7) is 5.75. The molecule has 1 atom stereocenters. The van der Waals surface area contributed by atoms with Crippen LogP contribution in [0.15, 0.2) is 70.8 Å². The van der Waals surface area contributed by atoms with Crippen molar-refractivity contribution in [2.75, 3.05) is 23.3 Å². The third-order valence-corrected chi connectivity index (χ3v) is 6.59. The van der Waals surface area contributed by atoms with Crippen LogP contribution in [0.1, 0.15) is 30.9 Å². The van der Waals surface area contributed by atoms with E-state index in [1.807, 2.05) is 12.1 Å². The Labute approximate surface area is 188 Å². The minimum Gasteiger partial charge on any atom is -0.354 e. The van der Waals surface area contributed by atoms with Gasteiger partial charge in [0.25, 0.3) is 0 Å². The number of aromatic nitrogens is 2. The van der Waals surface area contributed by atoms with Gasteiger partial charge in [0.2, 0.25) is 5.91 Å². The first-order valence-corrected chi connectivity index (χ1v) is 11.6. The first kappa shape index (κ1) is 21.4. The minimum absolute atomic E-state index is 0.0705. The van der Waals surface area contributed by atoms with Crippen LogP contribution in [0.5, 0.6) is 0 Å². The molecule has 1 aromatic heterocycles. The van der Waals surface area contributed by atoms with Crippen molar-refractivity contribution in [3.05, 3.63) is 72.1 Å². The van der Waals surface area contributed by atoms with Gasteiger partial charge in [-0.2, -0.15) is 0 Å². The van der Waals surface area contributed by atoms with Crippen molar-refractivity contribution >= 4 is 29.2 Å². The third-order valence-electron chi connectivity index (χ3n) is 5.60. The van der Waals surface area contributed by atoms with Crippen LogP contribution in [-0.4, -0.2) is 29.0 Å². The van der Waals surface area contributed by atoms with Gasteiger partial charge >= 0.3 is 0 Å². The molecule has 1 N–H and O–H groups in total. The predicted octanol–water partition coefficient (Wildman–Crippen LogP) is 5.35. The maximum Gasteiger partial charge on any atom is 0.229 e. The molecule has 0 aliphatic carbocycles. The van der Waals surface area contributed by atoms with Crippen molar-refractivity contribution in [1.82, 2.24) is 9.97 Å². The van der Waals surface area contributed by atoms with E-state index in [0.717, 1.165) is 47.2 Å². The van der Waals surface area contributed by atoms with Gasteiger partial charge < -0.3 is 10.2 Å². The Balaban J connectivity index is 1.45. The Morgan fingerprint density at radius 3 is 2.58 bits per heavy atom. The Morgan fingerprint density at radius 1 is 1.10 bits per heavy atom. The third kappa shape index (κ3) is 5.44. The van der Waals surface area contributed by atoms with Crippen LogP contribution in [0.25, 0.3) is 0 Å². The molecule has 0 bridgehead atoms. The van der Waals surface area contributed by atoms with Gasteiger partial charge in [-0.15, -0.1) is 0 Å². The zero-order chi connectivity index (χ0) is 21.6. The number of piperidine rings is 1. The molecule has 4 rings (SSSR count). The molecule has 2 aromatic carbocycles. The van der Waals surface area contributed by atoms with E-state index in [2.05, 4.69) is 70.4 Å². The van der Waals surface area contributed by atoms with Crippen LogP contribution in [0, 0.1) is 12.8 Å². The molecule has 6 heteroatoms. The van der Waals surface area contributed by atoms with Crippen molar-refractivity contribution < 1.29 is 4.79 Å². The maximum atomic E-state index is 12.9. The fourth-order valence-electron chi connectivity index (χ4n) is 3.78. The van der Waals surface area contributed by atoms with Crippen molar-refractivity contribution in [1.29, 1.82) is 0 Å². The second kappa shape index (κ2) is 9.96. The molecular formula is C25H28N4OS. The molecule has 0 radical (unpaired) electrons. The average molecular weight is 433 g/mol. The lowest BCUT2D eigenvalue weighted by molar-refractivity contribution is -0.120. The quantitative estimate of drug-likeness (QED) is 0.569. The summed E-state index contributed by atoms with van der Waals surface area (Å²) in [5.74, 6) is 0.863. The van der Waals surface area contributed by atoms with E-state index in [1.54, 1.807) is 24.2 Å². The monoisotopic (exact) mass is 432 g/mol. The Hall–Kier alpha value is -2.86. The molecule has 0 spiro atoms. The van der Waals surface area contributed by atoms with Gasteiger partial charge in [-0.3, -0.25) is 4.79 Å². The standard InChI is InChI=1S/C25H28N4OS/c1-3-19-8-10-21(11-9-19)28-24(30)20-5-4-16-29(17-20)23-25(27-15-14-26-23)31-22-12-6-18(2)7-13-22/h6-15,20H,3-5,16-17H2,1-2H3,(H,28,30)/t20-/m0/s1. The summed E-state index contributed by atoms with van der Waals surface area (Å²) < 4.78 is 0. The number of aryl methyl sites for hydroxylation is 2. The summed E-state index contributed by atoms with van der Waals surface area (Å²) in [4.78, 5) is 25.5. The zero-order valence-electron chi connectivity index (χ0n) is 18.0. The fourth-order valence-corrected chi connectivity index (χ4v) is 4.66. The Bertz CT molecular complexity index is 1020. The molecule has 3 aromatic rings. The van der Waals surface area contributed by atoms with Gasteiger partial charge in [-0.1, -0.05) is 48.5 Å². The topological polar surface area (TPSA) is 58.1 Å². The van der Waals surface area contributed by atoms with E-state index in [9.17, 15) is 4.79 Å². The first-order valence-electron chi connectivity index (χ1n) is 10.8. The van der Waals surface area contributed by atoms with Crippen molar-refractivity contribution in [3.8, 4) is 0 Å². The van der Waals surface area contributed by atoms with E-state index < -0.39 is 0 Å². The number of benzene rings is 2. The number of hydrogen-bond acceptors (Lipinski definition) is 5. The van der Waals surface area contributed by atoms with Gasteiger partial charge in [0.1, 0.15) is 5.03 Å². The normalized spacial score (nSPS) is 16.2. The lowest BCUT2D eigenvalue weighted by Crippen LogP contribution is -2.41. The van der Waals surface area contributed by atoms with Crippen molar-refractivity contribution in [2.24, 2.45) is 5.92 Å². The van der Waals surface area contributed by atoms with E-state index in [1.165, 1.54) is 11.1 Å². The molecule has 0 saturated carbocycles. The number of hydrogen-bond donors (Lipinski definition) is 1. The summed E-state index contributed by atoms with van der Waals surface area (Å²) in [6, 6.07) is 16.5. The number of anilines is 2. The number of amides is 1. The average Bonchev–Trinajstić information content (AvgIpc) is 2.81. The maximum absolute atomic E-state index is 12.9. The summed E-state index contributed by atoms with van der Waals surface area (Å²) in [6.07, 6.45) is 6.29. The highest BCUT2D eigenvalue weighted by atomic mass is 32.2. The summed E-state index contributed by atoms with van der Waals surface area (Å²) in [5, 5.41) is 3.97. The minimum atomic E-state index is -0.0705. The highest BCUT2D eigenvalue weighted by Crippen LogP contribution is 2.34. The molecule has 1 aliphatic rings. The number of nitrogens with zero attached hydrogens (tertiary/aromatic N) is 3. The van der Waals surface area contributed by atoms with Crippen LogP contribution in [0.2, 0.25) is 0 Å². The Kier molecular flexibility index (Phi) is 6.87. The molecule has 5 nitrogen and oxygen atoms in total. The summed E-state index contributed by atoms with van der Waals surface area (Å²) in [7, 11) is 0. The molecule has 0 unspecified atom stereocenters. The number of rotatable bonds is 6. The van der Waals surface area contributed by atoms with E-state index >= 15 is 0 Å². The second-order valence-electron chi connectivity index (χ2n) is 7.93. The van der Waals surface area contributed by atoms with Crippen LogP contribution >= 0.6 is 11.8 Å². The first-order chi connectivity index (χ1) is 15.1. The van der Waals surface area contributed by atoms with Crippen LogP contribution in [0.3, 0.4) is 0 Å².